The van der Waals surface area contributed by atoms with Gasteiger partial charge in [0.2, 0.25) is 0 Å². The van der Waals surface area contributed by atoms with E-state index in [4.69, 9.17) is 10.6 Å². The molecule has 3 unspecified atom stereocenters. The van der Waals surface area contributed by atoms with Crippen LogP contribution in [0.25, 0.3) is 0 Å². The molecule has 1 saturated heterocycles. The Kier molecular flexibility index (Phi) is 11.2. The molecule has 126 valence electrons. The fourth-order valence-electron chi connectivity index (χ4n) is 3.44. The van der Waals surface area contributed by atoms with Crippen molar-refractivity contribution < 1.29 is 4.74 Å². The van der Waals surface area contributed by atoms with Crippen molar-refractivity contribution in [2.75, 3.05) is 6.61 Å². The third-order valence-corrected chi connectivity index (χ3v) is 4.88. The quantitative estimate of drug-likeness (QED) is 0.298. The molecule has 0 aliphatic carbocycles. The fraction of sp³-hybridized carbons (Fsp3) is 1.00. The predicted molar refractivity (Wildman–Crippen MR) is 91.1 cm³/mol. The second-order valence-corrected chi connectivity index (χ2v) is 6.88. The summed E-state index contributed by atoms with van der Waals surface area (Å²) in [5.74, 6) is 6.33. The summed E-state index contributed by atoms with van der Waals surface area (Å²) in [5.41, 5.74) is 3.02. The molecule has 0 saturated carbocycles. The van der Waals surface area contributed by atoms with Crippen LogP contribution >= 0.6 is 0 Å². The van der Waals surface area contributed by atoms with E-state index in [0.29, 0.717) is 18.1 Å². The molecule has 0 bridgehead atoms. The van der Waals surface area contributed by atoms with E-state index in [1.807, 2.05) is 0 Å². The third-order valence-electron chi connectivity index (χ3n) is 4.88. The second kappa shape index (κ2) is 12.4. The van der Waals surface area contributed by atoms with Crippen LogP contribution in [0.5, 0.6) is 0 Å². The van der Waals surface area contributed by atoms with Crippen LogP contribution in [0.4, 0.5) is 0 Å². The van der Waals surface area contributed by atoms with Crippen molar-refractivity contribution in [2.45, 2.75) is 103 Å². The molecule has 0 amide bonds. The Bertz CT molecular complexity index is 235. The lowest BCUT2D eigenvalue weighted by Gasteiger charge is -2.21. The van der Waals surface area contributed by atoms with Crippen LogP contribution in [0.1, 0.15) is 90.9 Å². The van der Waals surface area contributed by atoms with Gasteiger partial charge in [0.15, 0.2) is 0 Å². The highest BCUT2D eigenvalue weighted by Crippen LogP contribution is 2.25. The molecule has 3 nitrogen and oxygen atoms in total. The highest BCUT2D eigenvalue weighted by Gasteiger charge is 2.28. The van der Waals surface area contributed by atoms with Crippen LogP contribution in [-0.4, -0.2) is 18.8 Å². The van der Waals surface area contributed by atoms with Gasteiger partial charge < -0.3 is 4.74 Å². The number of hydrogen-bond donors (Lipinski definition) is 2. The van der Waals surface area contributed by atoms with Crippen molar-refractivity contribution in [3.8, 4) is 0 Å². The summed E-state index contributed by atoms with van der Waals surface area (Å²) < 4.78 is 5.65. The van der Waals surface area contributed by atoms with Gasteiger partial charge in [0.05, 0.1) is 12.7 Å². The predicted octanol–water partition coefficient (Wildman–Crippen LogP) is 4.55. The van der Waals surface area contributed by atoms with Gasteiger partial charge in [-0.2, -0.15) is 0 Å². The topological polar surface area (TPSA) is 47.3 Å². The van der Waals surface area contributed by atoms with Crippen molar-refractivity contribution in [2.24, 2.45) is 11.8 Å². The zero-order valence-electron chi connectivity index (χ0n) is 14.4. The third kappa shape index (κ3) is 8.80. The number of nitrogens with one attached hydrogen (secondary N) is 1. The minimum absolute atomic E-state index is 0.415. The molecule has 3 atom stereocenters. The molecular weight excluding hydrogens is 260 g/mol. The summed E-state index contributed by atoms with van der Waals surface area (Å²) >= 11 is 0. The Morgan fingerprint density at radius 2 is 1.57 bits per heavy atom. The zero-order valence-corrected chi connectivity index (χ0v) is 14.4. The van der Waals surface area contributed by atoms with E-state index in [1.165, 1.54) is 70.6 Å². The van der Waals surface area contributed by atoms with Crippen LogP contribution in [0.3, 0.4) is 0 Å². The van der Waals surface area contributed by atoms with Gasteiger partial charge in [-0.05, 0) is 19.8 Å². The first kappa shape index (κ1) is 18.9. The largest absolute Gasteiger partial charge is 0.378 e. The lowest BCUT2D eigenvalue weighted by Crippen LogP contribution is -2.41. The van der Waals surface area contributed by atoms with Gasteiger partial charge in [-0.3, -0.25) is 11.3 Å². The van der Waals surface area contributed by atoms with Gasteiger partial charge in [0.1, 0.15) is 0 Å². The first-order valence-corrected chi connectivity index (χ1v) is 9.35. The molecule has 1 rings (SSSR count). The van der Waals surface area contributed by atoms with E-state index in [9.17, 15) is 0 Å². The Hall–Kier alpha value is -0.120. The molecule has 0 aromatic heterocycles. The highest BCUT2D eigenvalue weighted by molar-refractivity contribution is 4.80. The Morgan fingerprint density at radius 1 is 1.00 bits per heavy atom. The van der Waals surface area contributed by atoms with Gasteiger partial charge >= 0.3 is 0 Å². The summed E-state index contributed by atoms with van der Waals surface area (Å²) in [6.45, 7) is 5.32. The summed E-state index contributed by atoms with van der Waals surface area (Å²) in [6, 6.07) is 0.448. The Balaban J connectivity index is 1.90. The standard InChI is InChI=1S/C18H38N2O/c1-3-4-5-6-7-8-9-10-11-12-13-18(20-19)17-14-16(2)21-15-17/h16-18,20H,3-15,19H2,1-2H3. The van der Waals surface area contributed by atoms with Crippen LogP contribution in [0, 0.1) is 5.92 Å². The zero-order chi connectivity index (χ0) is 15.3. The van der Waals surface area contributed by atoms with Crippen molar-refractivity contribution >= 4 is 0 Å². The van der Waals surface area contributed by atoms with E-state index in [2.05, 4.69) is 19.3 Å². The SMILES string of the molecule is CCCCCCCCCCCCC(NN)C1COC(C)C1. The molecule has 1 aliphatic rings. The van der Waals surface area contributed by atoms with Crippen molar-refractivity contribution in [1.29, 1.82) is 0 Å². The molecule has 21 heavy (non-hydrogen) atoms. The Labute approximate surface area is 132 Å². The van der Waals surface area contributed by atoms with Crippen molar-refractivity contribution in [3.63, 3.8) is 0 Å². The first-order chi connectivity index (χ1) is 10.3. The van der Waals surface area contributed by atoms with Gasteiger partial charge in [-0.15, -0.1) is 0 Å². The maximum absolute atomic E-state index is 5.71. The molecule has 1 fully saturated rings. The molecule has 0 spiro atoms. The highest BCUT2D eigenvalue weighted by atomic mass is 16.5. The average molecular weight is 299 g/mol. The van der Waals surface area contributed by atoms with Crippen molar-refractivity contribution in [1.82, 2.24) is 5.43 Å². The van der Waals surface area contributed by atoms with E-state index in [1.54, 1.807) is 0 Å². The minimum atomic E-state index is 0.415. The van der Waals surface area contributed by atoms with E-state index in [0.717, 1.165) is 13.0 Å². The first-order valence-electron chi connectivity index (χ1n) is 9.35. The van der Waals surface area contributed by atoms with E-state index in [-0.39, 0.29) is 0 Å². The summed E-state index contributed by atoms with van der Waals surface area (Å²) in [6.07, 6.45) is 16.7. The summed E-state index contributed by atoms with van der Waals surface area (Å²) in [7, 11) is 0. The molecule has 0 aromatic rings. The smallest absolute Gasteiger partial charge is 0.0551 e. The maximum Gasteiger partial charge on any atom is 0.0551 e. The summed E-state index contributed by atoms with van der Waals surface area (Å²) in [4.78, 5) is 0. The van der Waals surface area contributed by atoms with Gasteiger partial charge in [0.25, 0.3) is 0 Å². The number of hydrazine groups is 1. The molecule has 3 N–H and O–H groups in total. The van der Waals surface area contributed by atoms with Crippen LogP contribution in [0.2, 0.25) is 0 Å². The normalized spacial score (nSPS) is 23.6. The number of nitrogens with two attached hydrogens (primary N) is 1. The molecule has 1 heterocycles. The minimum Gasteiger partial charge on any atom is -0.378 e. The number of rotatable bonds is 13. The number of hydrogen-bond acceptors (Lipinski definition) is 3. The van der Waals surface area contributed by atoms with Gasteiger partial charge in [-0.25, -0.2) is 0 Å². The maximum atomic E-state index is 5.71. The average Bonchev–Trinajstić information content (AvgIpc) is 2.91. The molecule has 0 radical (unpaired) electrons. The number of unbranched alkanes of at least 4 members (excludes halogenated alkanes) is 9. The second-order valence-electron chi connectivity index (χ2n) is 6.88. The molecule has 0 aromatic carbocycles. The van der Waals surface area contributed by atoms with Crippen LogP contribution < -0.4 is 11.3 Å². The lowest BCUT2D eigenvalue weighted by molar-refractivity contribution is 0.116. The molecule has 1 aliphatic heterocycles. The monoisotopic (exact) mass is 298 g/mol. The van der Waals surface area contributed by atoms with Crippen LogP contribution in [0.15, 0.2) is 0 Å². The van der Waals surface area contributed by atoms with E-state index >= 15 is 0 Å². The Morgan fingerprint density at radius 3 is 2.05 bits per heavy atom. The summed E-state index contributed by atoms with van der Waals surface area (Å²) in [5, 5.41) is 0. The van der Waals surface area contributed by atoms with Crippen molar-refractivity contribution in [3.05, 3.63) is 0 Å². The lowest BCUT2D eigenvalue weighted by atomic mass is 9.93. The van der Waals surface area contributed by atoms with Gasteiger partial charge in [0, 0.05) is 12.0 Å². The number of ether oxygens (including phenoxy) is 1. The van der Waals surface area contributed by atoms with Gasteiger partial charge in [-0.1, -0.05) is 71.1 Å². The van der Waals surface area contributed by atoms with Crippen LogP contribution in [-0.2, 0) is 4.74 Å². The molecule has 3 heteroatoms. The van der Waals surface area contributed by atoms with E-state index < -0.39 is 0 Å². The molecular formula is C18H38N2O. The fourth-order valence-corrected chi connectivity index (χ4v) is 3.44.